The molecule has 7 nitrogen and oxygen atoms in total. The van der Waals surface area contributed by atoms with Crippen molar-refractivity contribution in [3.8, 4) is 0 Å². The molecular formula is C20H17N3O4. The summed E-state index contributed by atoms with van der Waals surface area (Å²) >= 11 is 0. The molecular weight excluding hydrogens is 346 g/mol. The molecule has 7 heteroatoms. The molecule has 1 heterocycles. The summed E-state index contributed by atoms with van der Waals surface area (Å²) in [6.45, 7) is 0. The number of carbonyl (C=O) groups excluding carboxylic acids is 3. The van der Waals surface area contributed by atoms with Gasteiger partial charge in [-0.2, -0.15) is 0 Å². The van der Waals surface area contributed by atoms with Gasteiger partial charge in [-0.15, -0.1) is 0 Å². The van der Waals surface area contributed by atoms with Crippen LogP contribution in [0.3, 0.4) is 0 Å². The minimum atomic E-state index is -0.572. The number of hydrogen-bond acceptors (Lipinski definition) is 5. The van der Waals surface area contributed by atoms with E-state index in [0.717, 1.165) is 5.39 Å². The van der Waals surface area contributed by atoms with E-state index in [2.05, 4.69) is 20.4 Å². The van der Waals surface area contributed by atoms with Crippen LogP contribution in [0.5, 0.6) is 0 Å². The van der Waals surface area contributed by atoms with Crippen LogP contribution in [-0.2, 0) is 14.3 Å². The SMILES string of the molecule is COC(=O)c1ccccc1NC(=O)CC(=O)Nc1cccc2cccnc12. The fourth-order valence-electron chi connectivity index (χ4n) is 2.62. The number of nitrogens with zero attached hydrogens (tertiary/aromatic N) is 1. The summed E-state index contributed by atoms with van der Waals surface area (Å²) in [5.74, 6) is -1.60. The average molecular weight is 363 g/mol. The highest BCUT2D eigenvalue weighted by molar-refractivity contribution is 6.11. The third-order valence-corrected chi connectivity index (χ3v) is 3.83. The number of nitrogens with one attached hydrogen (secondary N) is 2. The van der Waals surface area contributed by atoms with Gasteiger partial charge in [0.25, 0.3) is 0 Å². The number of carbonyl (C=O) groups is 3. The Morgan fingerprint density at radius 3 is 2.33 bits per heavy atom. The van der Waals surface area contributed by atoms with Crippen molar-refractivity contribution in [1.29, 1.82) is 0 Å². The van der Waals surface area contributed by atoms with Gasteiger partial charge in [0, 0.05) is 11.6 Å². The lowest BCUT2D eigenvalue weighted by Gasteiger charge is -2.10. The standard InChI is InChI=1S/C20H17N3O4/c1-27-20(26)14-8-2-3-9-15(14)22-17(24)12-18(25)23-16-10-4-6-13-7-5-11-21-19(13)16/h2-11H,12H2,1H3,(H,22,24)(H,23,25). The molecule has 2 aromatic carbocycles. The van der Waals surface area contributed by atoms with Gasteiger partial charge in [-0.25, -0.2) is 4.79 Å². The largest absolute Gasteiger partial charge is 0.465 e. The van der Waals surface area contributed by atoms with Crippen molar-refractivity contribution in [3.63, 3.8) is 0 Å². The fraction of sp³-hybridized carbons (Fsp3) is 0.100. The van der Waals surface area contributed by atoms with Gasteiger partial charge in [0.05, 0.1) is 29.6 Å². The van der Waals surface area contributed by atoms with Gasteiger partial charge >= 0.3 is 5.97 Å². The van der Waals surface area contributed by atoms with Crippen LogP contribution in [0.4, 0.5) is 11.4 Å². The second kappa shape index (κ2) is 8.09. The number of anilines is 2. The molecule has 0 saturated heterocycles. The van der Waals surface area contributed by atoms with Crippen LogP contribution in [0.15, 0.2) is 60.8 Å². The first-order valence-electron chi connectivity index (χ1n) is 8.19. The number of rotatable bonds is 5. The van der Waals surface area contributed by atoms with E-state index in [1.54, 1.807) is 42.6 Å². The second-order valence-corrected chi connectivity index (χ2v) is 5.69. The summed E-state index contributed by atoms with van der Waals surface area (Å²) in [5.41, 5.74) is 1.67. The lowest BCUT2D eigenvalue weighted by Crippen LogP contribution is -2.22. The zero-order valence-corrected chi connectivity index (χ0v) is 14.6. The van der Waals surface area contributed by atoms with Gasteiger partial charge in [0.1, 0.15) is 6.42 Å². The molecule has 3 rings (SSSR count). The first-order chi connectivity index (χ1) is 13.1. The lowest BCUT2D eigenvalue weighted by molar-refractivity contribution is -0.123. The van der Waals surface area contributed by atoms with Crippen molar-refractivity contribution in [2.45, 2.75) is 6.42 Å². The zero-order valence-electron chi connectivity index (χ0n) is 14.6. The number of hydrogen-bond donors (Lipinski definition) is 2. The number of fused-ring (bicyclic) bond motifs is 1. The maximum atomic E-state index is 12.2. The molecule has 0 fully saturated rings. The van der Waals surface area contributed by atoms with Crippen molar-refractivity contribution >= 4 is 40.1 Å². The maximum Gasteiger partial charge on any atom is 0.339 e. The molecule has 0 aliphatic heterocycles. The summed E-state index contributed by atoms with van der Waals surface area (Å²) in [6.07, 6.45) is 1.23. The van der Waals surface area contributed by atoms with E-state index in [0.29, 0.717) is 11.2 Å². The minimum Gasteiger partial charge on any atom is -0.465 e. The van der Waals surface area contributed by atoms with Crippen molar-refractivity contribution in [3.05, 3.63) is 66.4 Å². The average Bonchev–Trinajstić information content (AvgIpc) is 2.68. The molecule has 3 aromatic rings. The van der Waals surface area contributed by atoms with E-state index in [9.17, 15) is 14.4 Å². The van der Waals surface area contributed by atoms with Crippen molar-refractivity contribution in [2.75, 3.05) is 17.7 Å². The highest BCUT2D eigenvalue weighted by atomic mass is 16.5. The first-order valence-corrected chi connectivity index (χ1v) is 8.19. The van der Waals surface area contributed by atoms with Crippen LogP contribution in [-0.4, -0.2) is 29.9 Å². The highest BCUT2D eigenvalue weighted by Gasteiger charge is 2.16. The minimum absolute atomic E-state index is 0.215. The maximum absolute atomic E-state index is 12.2. The monoisotopic (exact) mass is 363 g/mol. The number of ether oxygens (including phenoxy) is 1. The van der Waals surface area contributed by atoms with E-state index < -0.39 is 24.2 Å². The third-order valence-electron chi connectivity index (χ3n) is 3.83. The van der Waals surface area contributed by atoms with Crippen LogP contribution in [0.1, 0.15) is 16.8 Å². The van der Waals surface area contributed by atoms with Crippen LogP contribution in [0, 0.1) is 0 Å². The number of methoxy groups -OCH3 is 1. The van der Waals surface area contributed by atoms with Gasteiger partial charge in [0.15, 0.2) is 0 Å². The van der Waals surface area contributed by atoms with Crippen LogP contribution < -0.4 is 10.6 Å². The molecule has 0 spiro atoms. The van der Waals surface area contributed by atoms with E-state index in [1.165, 1.54) is 13.2 Å². The Balaban J connectivity index is 1.68. The van der Waals surface area contributed by atoms with Gasteiger partial charge in [-0.3, -0.25) is 14.6 Å². The summed E-state index contributed by atoms with van der Waals surface area (Å²) in [6, 6.07) is 15.5. The van der Waals surface area contributed by atoms with Crippen LogP contribution in [0.25, 0.3) is 10.9 Å². The Bertz CT molecular complexity index is 1010. The second-order valence-electron chi connectivity index (χ2n) is 5.69. The van der Waals surface area contributed by atoms with Gasteiger partial charge < -0.3 is 15.4 Å². The molecule has 0 saturated carbocycles. The van der Waals surface area contributed by atoms with Gasteiger partial charge in [0.2, 0.25) is 11.8 Å². The van der Waals surface area contributed by atoms with Crippen molar-refractivity contribution < 1.29 is 19.1 Å². The van der Waals surface area contributed by atoms with Crippen LogP contribution in [0.2, 0.25) is 0 Å². The van der Waals surface area contributed by atoms with Gasteiger partial charge in [-0.1, -0.05) is 30.3 Å². The topological polar surface area (TPSA) is 97.4 Å². The first kappa shape index (κ1) is 18.1. The summed E-state index contributed by atoms with van der Waals surface area (Å²) in [7, 11) is 1.26. The number of esters is 1. The Labute approximate surface area is 155 Å². The Morgan fingerprint density at radius 1 is 0.889 bits per heavy atom. The number of pyridine rings is 1. The highest BCUT2D eigenvalue weighted by Crippen LogP contribution is 2.21. The molecule has 136 valence electrons. The molecule has 0 aliphatic carbocycles. The number of benzene rings is 2. The molecule has 2 N–H and O–H groups in total. The Kier molecular flexibility index (Phi) is 5.41. The van der Waals surface area contributed by atoms with Crippen molar-refractivity contribution in [1.82, 2.24) is 4.98 Å². The van der Waals surface area contributed by atoms with Crippen LogP contribution >= 0.6 is 0 Å². The Hall–Kier alpha value is -3.74. The smallest absolute Gasteiger partial charge is 0.339 e. The summed E-state index contributed by atoms with van der Waals surface area (Å²) in [5, 5.41) is 6.14. The van der Waals surface area contributed by atoms with E-state index >= 15 is 0 Å². The number of aromatic nitrogens is 1. The number of amides is 2. The van der Waals surface area contributed by atoms with Gasteiger partial charge in [-0.05, 0) is 24.3 Å². The molecule has 0 bridgehead atoms. The van der Waals surface area contributed by atoms with Crippen molar-refractivity contribution in [2.24, 2.45) is 0 Å². The zero-order chi connectivity index (χ0) is 19.2. The third kappa shape index (κ3) is 4.27. The predicted molar refractivity (Wildman–Crippen MR) is 101 cm³/mol. The Morgan fingerprint density at radius 2 is 1.56 bits per heavy atom. The molecule has 0 unspecified atom stereocenters. The molecule has 0 radical (unpaired) electrons. The van der Waals surface area contributed by atoms with E-state index in [-0.39, 0.29) is 11.3 Å². The van der Waals surface area contributed by atoms with E-state index in [4.69, 9.17) is 0 Å². The quantitative estimate of drug-likeness (QED) is 0.536. The molecule has 1 aromatic heterocycles. The summed E-state index contributed by atoms with van der Waals surface area (Å²) in [4.78, 5) is 40.4. The summed E-state index contributed by atoms with van der Waals surface area (Å²) < 4.78 is 4.68. The lowest BCUT2D eigenvalue weighted by atomic mass is 10.1. The molecule has 2 amide bonds. The molecule has 0 atom stereocenters. The molecule has 0 aliphatic rings. The predicted octanol–water partition coefficient (Wildman–Crippen LogP) is 2.99. The normalized spacial score (nSPS) is 10.3. The molecule has 27 heavy (non-hydrogen) atoms. The fourth-order valence-corrected chi connectivity index (χ4v) is 2.62. The van der Waals surface area contributed by atoms with E-state index in [1.807, 2.05) is 12.1 Å². The number of para-hydroxylation sites is 2.